The molecule has 3 aliphatic rings. The molecule has 94 heavy (non-hydrogen) atoms. The normalized spacial score (nSPS) is 20.6. The Kier molecular flexibility index (Phi) is 28.5. The standard InChI is InChI=1S/C25H28N4O4.C25H30N2O4.C24H28N2O4/c1-17(30)27-24-22(28-29-26)15-20(25(31)32-2)16-23(24)33-21(13-18-9-5-3-6-10-18)14-19-11-7-4-8-12-19;1-17(28)27-24-22(26)15-20(25(29)30-2)16-23(24)31-21(13-18-9-5-3-6-10-18)14-19-11-7-4-8-12-19;1-16(27)26-23-21(25)14-19(24(28)29)15-22(23)30-20(12-17-8-4-2-5-9-17)13-18-10-6-3-7-11-18/h3-12,16,21-24H,13-15H2,1-2H3,(H,27,30);3-12,16,21-24H,13-15,26H2,1-2H3,(H,27,28);2-11,15,20-23H,12-14,25H2,1H3,(H,26,27)(H,28,29)/t2*22-,23+,24?;21-,22+,23?/m000/s1. The highest BCUT2D eigenvalue weighted by Crippen LogP contribution is 2.30. The molecule has 8 N–H and O–H groups in total. The van der Waals surface area contributed by atoms with E-state index < -0.39 is 72.5 Å². The number of ether oxygens (including phenoxy) is 5. The van der Waals surface area contributed by atoms with Gasteiger partial charge in [0.05, 0.1) is 75.0 Å². The van der Waals surface area contributed by atoms with Crippen molar-refractivity contribution in [1.82, 2.24) is 16.0 Å². The topological polar surface area (TPSA) is 306 Å². The fourth-order valence-corrected chi connectivity index (χ4v) is 11.9. The number of carbonyl (C=O) groups is 6. The number of nitrogens with two attached hydrogens (primary N) is 2. The molecular weight excluding hydrogens is 1190 g/mol. The number of carboxylic acids is 1. The van der Waals surface area contributed by atoms with Gasteiger partial charge in [-0.3, -0.25) is 14.4 Å². The van der Waals surface area contributed by atoms with Gasteiger partial charge in [0.15, 0.2) is 0 Å². The van der Waals surface area contributed by atoms with E-state index in [1.165, 1.54) is 35.0 Å². The Morgan fingerprint density at radius 1 is 0.447 bits per heavy atom. The molecule has 6 aromatic rings. The number of carbonyl (C=O) groups excluding carboxylic acids is 5. The Hall–Kier alpha value is -9.53. The number of hydrogen-bond acceptors (Lipinski definition) is 14. The Labute approximate surface area is 549 Å². The highest BCUT2D eigenvalue weighted by Gasteiger charge is 2.40. The van der Waals surface area contributed by atoms with Crippen LogP contribution < -0.4 is 27.4 Å². The monoisotopic (exact) mass is 1280 g/mol. The minimum atomic E-state index is -1.01. The van der Waals surface area contributed by atoms with E-state index in [-0.39, 0.29) is 54.4 Å². The highest BCUT2D eigenvalue weighted by atomic mass is 16.5. The number of benzene rings is 6. The maximum absolute atomic E-state index is 12.3. The Morgan fingerprint density at radius 3 is 0.968 bits per heavy atom. The van der Waals surface area contributed by atoms with Crippen LogP contribution in [0.25, 0.3) is 10.4 Å². The van der Waals surface area contributed by atoms with E-state index >= 15 is 0 Å². The first-order valence-electron chi connectivity index (χ1n) is 31.5. The summed E-state index contributed by atoms with van der Waals surface area (Å²) in [5, 5.41) is 21.9. The van der Waals surface area contributed by atoms with Gasteiger partial charge in [-0.25, -0.2) is 14.4 Å². The number of azide groups is 1. The summed E-state index contributed by atoms with van der Waals surface area (Å²) in [5.74, 6) is -2.63. The van der Waals surface area contributed by atoms with Crippen LogP contribution in [0.4, 0.5) is 0 Å². The number of nitrogens with one attached hydrogen (secondary N) is 3. The quantitative estimate of drug-likeness (QED) is 0.0135. The fraction of sp³-hybridized carbons (Fsp3) is 0.351. The first-order valence-corrected chi connectivity index (χ1v) is 31.5. The minimum absolute atomic E-state index is 0.156. The van der Waals surface area contributed by atoms with E-state index in [0.717, 1.165) is 33.4 Å². The molecule has 9 atom stereocenters. The van der Waals surface area contributed by atoms with Crippen LogP contribution in [0, 0.1) is 0 Å². The zero-order chi connectivity index (χ0) is 67.4. The molecule has 20 heteroatoms. The summed E-state index contributed by atoms with van der Waals surface area (Å²) >= 11 is 0. The van der Waals surface area contributed by atoms with Crippen molar-refractivity contribution in [2.24, 2.45) is 16.6 Å². The Balaban J connectivity index is 0.000000200. The number of esters is 2. The van der Waals surface area contributed by atoms with Crippen LogP contribution in [0.5, 0.6) is 0 Å². The van der Waals surface area contributed by atoms with Gasteiger partial charge in [-0.1, -0.05) is 187 Å². The van der Waals surface area contributed by atoms with Crippen LogP contribution in [-0.4, -0.2) is 128 Å². The lowest BCUT2D eigenvalue weighted by Gasteiger charge is -2.37. The van der Waals surface area contributed by atoms with Crippen LogP contribution in [-0.2, 0) is 91.0 Å². The van der Waals surface area contributed by atoms with Crippen molar-refractivity contribution >= 4 is 35.6 Å². The number of nitrogens with zero attached hydrogens (tertiary/aromatic N) is 3. The number of amides is 3. The molecule has 3 amide bonds. The highest BCUT2D eigenvalue weighted by molar-refractivity contribution is 5.90. The molecule has 0 fully saturated rings. The largest absolute Gasteiger partial charge is 0.478 e. The Morgan fingerprint density at radius 2 is 0.702 bits per heavy atom. The van der Waals surface area contributed by atoms with E-state index in [2.05, 4.69) is 50.2 Å². The zero-order valence-electron chi connectivity index (χ0n) is 53.8. The molecule has 0 heterocycles. The van der Waals surface area contributed by atoms with Crippen molar-refractivity contribution in [2.45, 2.75) is 151 Å². The maximum atomic E-state index is 12.3. The average Bonchev–Trinajstić information content (AvgIpc) is 0.834. The summed E-state index contributed by atoms with van der Waals surface area (Å²) in [6.07, 6.45) is 7.15. The molecule has 0 saturated heterocycles. The molecule has 494 valence electrons. The van der Waals surface area contributed by atoms with E-state index in [1.807, 2.05) is 158 Å². The average molecular weight is 1280 g/mol. The molecular formula is C74H86N8O12. The predicted molar refractivity (Wildman–Crippen MR) is 358 cm³/mol. The lowest BCUT2D eigenvalue weighted by atomic mass is 9.88. The number of rotatable bonds is 25. The zero-order valence-corrected chi connectivity index (χ0v) is 53.8. The minimum Gasteiger partial charge on any atom is -0.478 e. The van der Waals surface area contributed by atoms with E-state index in [4.69, 9.17) is 40.7 Å². The van der Waals surface area contributed by atoms with Gasteiger partial charge in [0, 0.05) is 54.5 Å². The molecule has 0 spiro atoms. The second-order valence-corrected chi connectivity index (χ2v) is 23.6. The first kappa shape index (κ1) is 71.9. The number of hydrogen-bond donors (Lipinski definition) is 6. The van der Waals surface area contributed by atoms with Crippen LogP contribution in [0.15, 0.2) is 222 Å². The third kappa shape index (κ3) is 23.2. The predicted octanol–water partition coefficient (Wildman–Crippen LogP) is 8.95. The van der Waals surface area contributed by atoms with Crippen molar-refractivity contribution in [3.63, 3.8) is 0 Å². The number of carboxylic acid groups (broad SMARTS) is 1. The maximum Gasteiger partial charge on any atom is 0.333 e. The van der Waals surface area contributed by atoms with Gasteiger partial charge in [-0.05, 0) is 115 Å². The summed E-state index contributed by atoms with van der Waals surface area (Å²) < 4.78 is 29.3. The number of methoxy groups -OCH3 is 2. The van der Waals surface area contributed by atoms with Crippen molar-refractivity contribution in [2.75, 3.05) is 14.2 Å². The molecule has 6 aromatic carbocycles. The molecule has 0 bridgehead atoms. The van der Waals surface area contributed by atoms with E-state index in [0.29, 0.717) is 56.1 Å². The van der Waals surface area contributed by atoms with Gasteiger partial charge in [-0.15, -0.1) is 0 Å². The summed E-state index contributed by atoms with van der Waals surface area (Å²) in [5.41, 5.74) is 29.4. The SMILES string of the molecule is CC(=O)NC1[C@@H](N)CC(C(=O)O)=C[C@H]1OC(Cc1ccccc1)Cc1ccccc1.COC(=O)C1=C[C@@H](OC(Cc2ccccc2)Cc2ccccc2)C(NC(C)=O)[C@@H](N)C1.COC(=O)C1=C[C@@H](OC(Cc2ccccc2)Cc2ccccc2)C(NC(C)=O)[C@@H](N=[N+]=[N-])C1. The van der Waals surface area contributed by atoms with Gasteiger partial charge < -0.3 is 56.2 Å². The van der Waals surface area contributed by atoms with Crippen molar-refractivity contribution in [1.29, 1.82) is 0 Å². The molecule has 9 rings (SSSR count). The van der Waals surface area contributed by atoms with Gasteiger partial charge in [-0.2, -0.15) is 0 Å². The van der Waals surface area contributed by atoms with Crippen molar-refractivity contribution < 1.29 is 57.6 Å². The molecule has 0 radical (unpaired) electrons. The van der Waals surface area contributed by atoms with Crippen LogP contribution in [0.1, 0.15) is 73.4 Å². The molecule has 0 aromatic heterocycles. The summed E-state index contributed by atoms with van der Waals surface area (Å²) in [7, 11) is 2.65. The third-order valence-electron chi connectivity index (χ3n) is 16.2. The van der Waals surface area contributed by atoms with E-state index in [1.54, 1.807) is 18.2 Å². The molecule has 0 saturated carbocycles. The Bertz CT molecular complexity index is 3420. The molecule has 20 nitrogen and oxygen atoms in total. The second kappa shape index (κ2) is 37.2. The summed E-state index contributed by atoms with van der Waals surface area (Å²) in [4.78, 5) is 74.4. The summed E-state index contributed by atoms with van der Waals surface area (Å²) in [6, 6.07) is 57.0. The number of aliphatic carboxylic acids is 1. The third-order valence-corrected chi connectivity index (χ3v) is 16.2. The second-order valence-electron chi connectivity index (χ2n) is 23.6. The lowest BCUT2D eigenvalue weighted by molar-refractivity contribution is -0.137. The van der Waals surface area contributed by atoms with Crippen LogP contribution in [0.3, 0.4) is 0 Å². The van der Waals surface area contributed by atoms with E-state index in [9.17, 15) is 33.9 Å². The van der Waals surface area contributed by atoms with Crippen LogP contribution >= 0.6 is 0 Å². The summed E-state index contributed by atoms with van der Waals surface area (Å²) in [6.45, 7) is 4.27. The first-order chi connectivity index (χ1) is 45.4. The molecule has 3 aliphatic carbocycles. The van der Waals surface area contributed by atoms with Crippen LogP contribution in [0.2, 0.25) is 0 Å². The van der Waals surface area contributed by atoms with Gasteiger partial charge in [0.25, 0.3) is 0 Å². The molecule has 3 unspecified atom stereocenters. The van der Waals surface area contributed by atoms with Gasteiger partial charge >= 0.3 is 17.9 Å². The lowest BCUT2D eigenvalue weighted by Crippen LogP contribution is -2.57. The van der Waals surface area contributed by atoms with Gasteiger partial charge in [0.1, 0.15) is 0 Å². The molecule has 0 aliphatic heterocycles. The van der Waals surface area contributed by atoms with Crippen molar-refractivity contribution in [3.8, 4) is 0 Å². The smallest absolute Gasteiger partial charge is 0.333 e. The van der Waals surface area contributed by atoms with Crippen molar-refractivity contribution in [3.05, 3.63) is 261 Å². The fourth-order valence-electron chi connectivity index (χ4n) is 11.9. The van der Waals surface area contributed by atoms with Gasteiger partial charge in [0.2, 0.25) is 17.7 Å².